The van der Waals surface area contributed by atoms with Gasteiger partial charge in [-0.05, 0) is 60.4 Å². The van der Waals surface area contributed by atoms with E-state index in [4.69, 9.17) is 5.73 Å². The van der Waals surface area contributed by atoms with E-state index in [1.807, 2.05) is 13.8 Å². The molecule has 2 aromatic carbocycles. The number of benzene rings is 2. The zero-order valence-corrected chi connectivity index (χ0v) is 10.4. The van der Waals surface area contributed by atoms with Gasteiger partial charge in [-0.15, -0.1) is 0 Å². The maximum atomic E-state index is 13.4. The van der Waals surface area contributed by atoms with Crippen molar-refractivity contribution in [3.8, 4) is 11.1 Å². The molecule has 2 N–H and O–H groups in total. The van der Waals surface area contributed by atoms with Crippen molar-refractivity contribution < 1.29 is 8.78 Å². The van der Waals surface area contributed by atoms with Crippen LogP contribution in [0.2, 0.25) is 0 Å². The van der Waals surface area contributed by atoms with Crippen LogP contribution < -0.4 is 5.73 Å². The van der Waals surface area contributed by atoms with Gasteiger partial charge in [0.15, 0.2) is 0 Å². The third kappa shape index (κ3) is 2.41. The summed E-state index contributed by atoms with van der Waals surface area (Å²) in [6.45, 7) is 3.69. The predicted octanol–water partition coefficient (Wildman–Crippen LogP) is 3.96. The van der Waals surface area contributed by atoms with Crippen molar-refractivity contribution in [2.75, 3.05) is 0 Å². The SMILES string of the molecule is Cc1ccc(F)cc1-c1cc(F)ccc1C(C)N. The number of hydrogen-bond donors (Lipinski definition) is 1. The van der Waals surface area contributed by atoms with Crippen LogP contribution in [-0.4, -0.2) is 0 Å². The molecule has 0 saturated heterocycles. The van der Waals surface area contributed by atoms with E-state index >= 15 is 0 Å². The summed E-state index contributed by atoms with van der Waals surface area (Å²) in [5, 5.41) is 0. The van der Waals surface area contributed by atoms with E-state index in [9.17, 15) is 8.78 Å². The fourth-order valence-electron chi connectivity index (χ4n) is 2.04. The summed E-state index contributed by atoms with van der Waals surface area (Å²) in [6.07, 6.45) is 0. The van der Waals surface area contributed by atoms with Gasteiger partial charge in [0.1, 0.15) is 11.6 Å². The smallest absolute Gasteiger partial charge is 0.123 e. The third-order valence-electron chi connectivity index (χ3n) is 3.00. The average molecular weight is 247 g/mol. The van der Waals surface area contributed by atoms with Crippen LogP contribution >= 0.6 is 0 Å². The lowest BCUT2D eigenvalue weighted by Crippen LogP contribution is -2.07. The molecule has 1 unspecified atom stereocenters. The Hall–Kier alpha value is -1.74. The van der Waals surface area contributed by atoms with E-state index < -0.39 is 0 Å². The van der Waals surface area contributed by atoms with Crippen molar-refractivity contribution in [3.05, 3.63) is 59.2 Å². The molecular formula is C15H15F2N. The van der Waals surface area contributed by atoms with Gasteiger partial charge in [0.05, 0.1) is 0 Å². The van der Waals surface area contributed by atoms with Crippen molar-refractivity contribution in [2.45, 2.75) is 19.9 Å². The maximum Gasteiger partial charge on any atom is 0.123 e. The summed E-state index contributed by atoms with van der Waals surface area (Å²) >= 11 is 0. The lowest BCUT2D eigenvalue weighted by atomic mass is 9.93. The quantitative estimate of drug-likeness (QED) is 0.854. The Labute approximate surface area is 105 Å². The molecule has 0 aliphatic rings. The van der Waals surface area contributed by atoms with Gasteiger partial charge in [-0.1, -0.05) is 12.1 Å². The highest BCUT2D eigenvalue weighted by atomic mass is 19.1. The van der Waals surface area contributed by atoms with E-state index in [1.165, 1.54) is 24.3 Å². The van der Waals surface area contributed by atoms with E-state index in [0.717, 1.165) is 11.1 Å². The molecule has 0 radical (unpaired) electrons. The van der Waals surface area contributed by atoms with Gasteiger partial charge in [0.25, 0.3) is 0 Å². The standard InChI is InChI=1S/C15H15F2N/c1-9-3-4-11(16)7-14(9)15-8-12(17)5-6-13(15)10(2)18/h3-8,10H,18H2,1-2H3. The molecule has 0 spiro atoms. The lowest BCUT2D eigenvalue weighted by molar-refractivity contribution is 0.624. The fourth-order valence-corrected chi connectivity index (χ4v) is 2.04. The van der Waals surface area contributed by atoms with Crippen LogP contribution in [0.1, 0.15) is 24.1 Å². The van der Waals surface area contributed by atoms with Crippen molar-refractivity contribution >= 4 is 0 Å². The minimum absolute atomic E-state index is 0.233. The Kier molecular flexibility index (Phi) is 3.43. The van der Waals surface area contributed by atoms with Crippen LogP contribution in [0, 0.1) is 18.6 Å². The van der Waals surface area contributed by atoms with Gasteiger partial charge >= 0.3 is 0 Å². The molecule has 0 bridgehead atoms. The van der Waals surface area contributed by atoms with E-state index in [1.54, 1.807) is 12.1 Å². The highest BCUT2D eigenvalue weighted by Gasteiger charge is 2.12. The van der Waals surface area contributed by atoms with Crippen LogP contribution in [0.25, 0.3) is 11.1 Å². The van der Waals surface area contributed by atoms with E-state index in [2.05, 4.69) is 0 Å². The van der Waals surface area contributed by atoms with Crippen molar-refractivity contribution in [1.29, 1.82) is 0 Å². The lowest BCUT2D eigenvalue weighted by Gasteiger charge is -2.15. The first-order valence-corrected chi connectivity index (χ1v) is 5.80. The molecule has 2 aromatic rings. The van der Waals surface area contributed by atoms with Gasteiger partial charge in [-0.25, -0.2) is 8.78 Å². The monoisotopic (exact) mass is 247 g/mol. The predicted molar refractivity (Wildman–Crippen MR) is 69.1 cm³/mol. The summed E-state index contributed by atoms with van der Waals surface area (Å²) in [6, 6.07) is 8.68. The molecule has 1 atom stereocenters. The van der Waals surface area contributed by atoms with Crippen molar-refractivity contribution in [3.63, 3.8) is 0 Å². The molecule has 94 valence electrons. The Balaban J connectivity index is 2.69. The van der Waals surface area contributed by atoms with Gasteiger partial charge in [-0.2, -0.15) is 0 Å². The minimum Gasteiger partial charge on any atom is -0.324 e. The summed E-state index contributed by atoms with van der Waals surface area (Å²) < 4.78 is 26.7. The maximum absolute atomic E-state index is 13.4. The molecule has 0 saturated carbocycles. The highest BCUT2D eigenvalue weighted by molar-refractivity contribution is 5.71. The van der Waals surface area contributed by atoms with Crippen LogP contribution in [0.4, 0.5) is 8.78 Å². The fraction of sp³-hybridized carbons (Fsp3) is 0.200. The summed E-state index contributed by atoms with van der Waals surface area (Å²) in [4.78, 5) is 0. The first-order chi connectivity index (χ1) is 8.49. The molecule has 2 rings (SSSR count). The van der Waals surface area contributed by atoms with Gasteiger partial charge < -0.3 is 5.73 Å². The zero-order valence-electron chi connectivity index (χ0n) is 10.4. The van der Waals surface area contributed by atoms with Crippen LogP contribution in [0.3, 0.4) is 0 Å². The normalized spacial score (nSPS) is 12.5. The molecule has 1 nitrogen and oxygen atoms in total. The second kappa shape index (κ2) is 4.86. The largest absolute Gasteiger partial charge is 0.324 e. The molecule has 0 aliphatic heterocycles. The van der Waals surface area contributed by atoms with Gasteiger partial charge in [0, 0.05) is 6.04 Å². The van der Waals surface area contributed by atoms with E-state index in [-0.39, 0.29) is 17.7 Å². The van der Waals surface area contributed by atoms with Crippen LogP contribution in [-0.2, 0) is 0 Å². The second-order valence-electron chi connectivity index (χ2n) is 4.48. The molecule has 18 heavy (non-hydrogen) atoms. The number of rotatable bonds is 2. The molecule has 0 fully saturated rings. The van der Waals surface area contributed by atoms with Gasteiger partial charge in [0.2, 0.25) is 0 Å². The topological polar surface area (TPSA) is 26.0 Å². The first-order valence-electron chi connectivity index (χ1n) is 5.80. The van der Waals surface area contributed by atoms with Gasteiger partial charge in [-0.3, -0.25) is 0 Å². The molecule has 3 heteroatoms. The van der Waals surface area contributed by atoms with Crippen LogP contribution in [0.15, 0.2) is 36.4 Å². The Bertz CT molecular complexity index is 577. The molecule has 0 aromatic heterocycles. The highest BCUT2D eigenvalue weighted by Crippen LogP contribution is 2.31. The summed E-state index contributed by atoms with van der Waals surface area (Å²) in [5.41, 5.74) is 8.91. The average Bonchev–Trinajstić information content (AvgIpc) is 2.31. The van der Waals surface area contributed by atoms with E-state index in [0.29, 0.717) is 11.1 Å². The molecule has 0 heterocycles. The Morgan fingerprint density at radius 3 is 2.11 bits per heavy atom. The molecular weight excluding hydrogens is 232 g/mol. The Morgan fingerprint density at radius 2 is 1.50 bits per heavy atom. The Morgan fingerprint density at radius 1 is 0.944 bits per heavy atom. The summed E-state index contributed by atoms with van der Waals surface area (Å²) in [5.74, 6) is -0.687. The van der Waals surface area contributed by atoms with Crippen molar-refractivity contribution in [1.82, 2.24) is 0 Å². The summed E-state index contributed by atoms with van der Waals surface area (Å²) in [7, 11) is 0. The second-order valence-corrected chi connectivity index (χ2v) is 4.48. The van der Waals surface area contributed by atoms with Crippen molar-refractivity contribution in [2.24, 2.45) is 5.73 Å². The number of halogens is 2. The first kappa shape index (κ1) is 12.7. The molecule has 0 aliphatic carbocycles. The third-order valence-corrected chi connectivity index (χ3v) is 3.00. The zero-order chi connectivity index (χ0) is 13.3. The number of hydrogen-bond acceptors (Lipinski definition) is 1. The molecule has 0 amide bonds. The van der Waals surface area contributed by atoms with Crippen LogP contribution in [0.5, 0.6) is 0 Å². The number of aryl methyl sites for hydroxylation is 1. The number of nitrogens with two attached hydrogens (primary N) is 1. The minimum atomic E-state index is -0.349.